The summed E-state index contributed by atoms with van der Waals surface area (Å²) in [4.78, 5) is 17.6. The lowest BCUT2D eigenvalue weighted by molar-refractivity contribution is -0.135. The van der Waals surface area contributed by atoms with Crippen LogP contribution in [0.1, 0.15) is 29.9 Å². The molecule has 2 saturated heterocycles. The Morgan fingerprint density at radius 1 is 0.818 bits per heavy atom. The summed E-state index contributed by atoms with van der Waals surface area (Å²) in [5.41, 5.74) is 4.73. The summed E-state index contributed by atoms with van der Waals surface area (Å²) in [5.74, 6) is 0.443. The van der Waals surface area contributed by atoms with Crippen LogP contribution in [0.15, 0.2) is 84.9 Å². The van der Waals surface area contributed by atoms with Crippen molar-refractivity contribution < 1.29 is 9.90 Å². The first-order valence-corrected chi connectivity index (χ1v) is 12.1. The third-order valence-electron chi connectivity index (χ3n) is 7.32. The lowest BCUT2D eigenvalue weighted by Crippen LogP contribution is -2.68. The zero-order valence-electron chi connectivity index (χ0n) is 19.0. The van der Waals surface area contributed by atoms with Gasteiger partial charge in [-0.3, -0.25) is 9.69 Å². The van der Waals surface area contributed by atoms with E-state index < -0.39 is 0 Å². The van der Waals surface area contributed by atoms with Crippen LogP contribution in [0.2, 0.25) is 0 Å². The number of aliphatic hydroxyl groups is 1. The number of fused-ring (bicyclic) bond motifs is 1. The smallest absolute Gasteiger partial charge is 0.227 e. The summed E-state index contributed by atoms with van der Waals surface area (Å²) in [6.07, 6.45) is 2.52. The van der Waals surface area contributed by atoms with E-state index in [9.17, 15) is 9.90 Å². The maximum atomic E-state index is 13.2. The molecule has 1 amide bonds. The van der Waals surface area contributed by atoms with Crippen LogP contribution in [0.25, 0.3) is 11.1 Å². The third kappa shape index (κ3) is 4.59. The van der Waals surface area contributed by atoms with Crippen molar-refractivity contribution in [2.45, 2.75) is 37.3 Å². The molecule has 3 aromatic carbocycles. The van der Waals surface area contributed by atoms with Crippen LogP contribution in [-0.2, 0) is 11.2 Å². The van der Waals surface area contributed by atoms with Crippen molar-refractivity contribution in [3.05, 3.63) is 96.1 Å². The number of amides is 1. The summed E-state index contributed by atoms with van der Waals surface area (Å²) >= 11 is 0. The zero-order chi connectivity index (χ0) is 22.6. The van der Waals surface area contributed by atoms with Crippen molar-refractivity contribution in [2.24, 2.45) is 0 Å². The Hall–Kier alpha value is -2.95. The fraction of sp³-hybridized carbons (Fsp3) is 0.345. The molecule has 3 aromatic rings. The number of hydrogen-bond donors (Lipinski definition) is 1. The molecular weight excluding hydrogens is 408 g/mol. The van der Waals surface area contributed by atoms with Gasteiger partial charge < -0.3 is 10.0 Å². The van der Waals surface area contributed by atoms with Gasteiger partial charge in [-0.05, 0) is 41.6 Å². The van der Waals surface area contributed by atoms with Gasteiger partial charge in [-0.2, -0.15) is 0 Å². The van der Waals surface area contributed by atoms with E-state index >= 15 is 0 Å². The Morgan fingerprint density at radius 3 is 2.15 bits per heavy atom. The second-order valence-electron chi connectivity index (χ2n) is 9.28. The van der Waals surface area contributed by atoms with Crippen molar-refractivity contribution in [1.82, 2.24) is 9.80 Å². The van der Waals surface area contributed by atoms with E-state index in [0.717, 1.165) is 38.0 Å². The Morgan fingerprint density at radius 2 is 1.45 bits per heavy atom. The first-order valence-electron chi connectivity index (χ1n) is 12.1. The Bertz CT molecular complexity index is 1050. The van der Waals surface area contributed by atoms with Crippen LogP contribution in [0.3, 0.4) is 0 Å². The first-order chi connectivity index (χ1) is 16.2. The normalized spacial score (nSPS) is 23.2. The fourth-order valence-electron chi connectivity index (χ4n) is 5.58. The standard InChI is InChI=1S/C29H32N2O2/c32-21-27-29(25-15-13-24(14-16-25)23-11-5-2-6-12-23)26-20-30(17-7-8-18-31(26)27)28(33)19-22-9-3-1-4-10-22/h1-6,9-16,26-27,29,32H,7-8,17-21H2/t26-,27-,29+/m0/s1. The summed E-state index contributed by atoms with van der Waals surface area (Å²) in [6.45, 7) is 2.70. The van der Waals surface area contributed by atoms with Gasteiger partial charge in [-0.1, -0.05) is 84.9 Å². The van der Waals surface area contributed by atoms with E-state index in [-0.39, 0.29) is 30.5 Å². The number of aliphatic hydroxyl groups excluding tert-OH is 1. The minimum Gasteiger partial charge on any atom is -0.395 e. The molecule has 5 rings (SSSR count). The predicted molar refractivity (Wildman–Crippen MR) is 132 cm³/mol. The summed E-state index contributed by atoms with van der Waals surface area (Å²) in [5, 5.41) is 10.2. The Balaban J connectivity index is 1.35. The molecule has 0 bridgehead atoms. The van der Waals surface area contributed by atoms with E-state index in [1.54, 1.807) is 0 Å². The van der Waals surface area contributed by atoms with Crippen LogP contribution >= 0.6 is 0 Å². The van der Waals surface area contributed by atoms with Gasteiger partial charge in [0.1, 0.15) is 0 Å². The van der Waals surface area contributed by atoms with E-state index in [1.807, 2.05) is 36.4 Å². The highest BCUT2D eigenvalue weighted by Crippen LogP contribution is 2.42. The largest absolute Gasteiger partial charge is 0.395 e. The van der Waals surface area contributed by atoms with E-state index in [2.05, 4.69) is 58.3 Å². The molecule has 0 radical (unpaired) electrons. The maximum Gasteiger partial charge on any atom is 0.227 e. The second kappa shape index (κ2) is 9.90. The number of rotatable bonds is 5. The molecule has 0 unspecified atom stereocenters. The summed E-state index contributed by atoms with van der Waals surface area (Å²) < 4.78 is 0. The predicted octanol–water partition coefficient (Wildman–Crippen LogP) is 4.35. The maximum absolute atomic E-state index is 13.2. The molecule has 170 valence electrons. The number of carbonyl (C=O) groups is 1. The van der Waals surface area contributed by atoms with E-state index in [0.29, 0.717) is 6.42 Å². The molecule has 2 aliphatic heterocycles. The molecule has 3 atom stereocenters. The van der Waals surface area contributed by atoms with Crippen molar-refractivity contribution in [3.8, 4) is 11.1 Å². The molecule has 2 fully saturated rings. The minimum absolute atomic E-state index is 0.127. The zero-order valence-corrected chi connectivity index (χ0v) is 19.0. The van der Waals surface area contributed by atoms with Crippen molar-refractivity contribution >= 4 is 5.91 Å². The van der Waals surface area contributed by atoms with Crippen molar-refractivity contribution in [2.75, 3.05) is 26.2 Å². The second-order valence-corrected chi connectivity index (χ2v) is 9.28. The van der Waals surface area contributed by atoms with E-state index in [4.69, 9.17) is 0 Å². The topological polar surface area (TPSA) is 43.8 Å². The first kappa shape index (κ1) is 21.9. The van der Waals surface area contributed by atoms with Crippen molar-refractivity contribution in [1.29, 1.82) is 0 Å². The van der Waals surface area contributed by atoms with Crippen molar-refractivity contribution in [3.63, 3.8) is 0 Å². The fourth-order valence-corrected chi connectivity index (χ4v) is 5.58. The van der Waals surface area contributed by atoms with Gasteiger partial charge in [0.2, 0.25) is 5.91 Å². The van der Waals surface area contributed by atoms with Crippen LogP contribution in [0, 0.1) is 0 Å². The number of benzene rings is 3. The van der Waals surface area contributed by atoms with Gasteiger partial charge in [-0.15, -0.1) is 0 Å². The molecule has 0 saturated carbocycles. The van der Waals surface area contributed by atoms with Crippen LogP contribution in [0.4, 0.5) is 0 Å². The molecule has 2 aliphatic rings. The average Bonchev–Trinajstić information content (AvgIpc) is 2.84. The molecule has 33 heavy (non-hydrogen) atoms. The highest BCUT2D eigenvalue weighted by molar-refractivity contribution is 5.79. The number of carbonyl (C=O) groups excluding carboxylic acids is 1. The highest BCUT2D eigenvalue weighted by atomic mass is 16.3. The molecule has 0 aromatic heterocycles. The molecule has 1 N–H and O–H groups in total. The average molecular weight is 441 g/mol. The molecular formula is C29H32N2O2. The van der Waals surface area contributed by atoms with Gasteiger partial charge in [0.25, 0.3) is 0 Å². The van der Waals surface area contributed by atoms with Gasteiger partial charge in [-0.25, -0.2) is 0 Å². The molecule has 4 nitrogen and oxygen atoms in total. The lowest BCUT2D eigenvalue weighted by Gasteiger charge is -2.57. The van der Waals surface area contributed by atoms with Gasteiger partial charge in [0, 0.05) is 31.1 Å². The molecule has 0 aliphatic carbocycles. The number of hydrogen-bond acceptors (Lipinski definition) is 3. The van der Waals surface area contributed by atoms with Gasteiger partial charge in [0.05, 0.1) is 13.0 Å². The Labute approximate surface area is 196 Å². The third-order valence-corrected chi connectivity index (χ3v) is 7.32. The quantitative estimate of drug-likeness (QED) is 0.642. The van der Waals surface area contributed by atoms with E-state index in [1.165, 1.54) is 16.7 Å². The van der Waals surface area contributed by atoms with Crippen LogP contribution in [0.5, 0.6) is 0 Å². The lowest BCUT2D eigenvalue weighted by atomic mass is 9.74. The van der Waals surface area contributed by atoms with Crippen LogP contribution < -0.4 is 0 Å². The molecule has 2 heterocycles. The summed E-state index contributed by atoms with van der Waals surface area (Å²) in [6, 6.07) is 29.6. The highest BCUT2D eigenvalue weighted by Gasteiger charge is 2.49. The SMILES string of the molecule is O=C(Cc1ccccc1)N1CCCCN2[C@@H](CO)[C@H](c3ccc(-c4ccccc4)cc3)[C@@H]2C1. The summed E-state index contributed by atoms with van der Waals surface area (Å²) in [7, 11) is 0. The number of nitrogens with zero attached hydrogens (tertiary/aromatic N) is 2. The van der Waals surface area contributed by atoms with Gasteiger partial charge >= 0.3 is 0 Å². The van der Waals surface area contributed by atoms with Gasteiger partial charge in [0.15, 0.2) is 0 Å². The van der Waals surface area contributed by atoms with Crippen LogP contribution in [-0.4, -0.2) is 59.1 Å². The minimum atomic E-state index is 0.127. The monoisotopic (exact) mass is 440 g/mol. The molecule has 0 spiro atoms. The molecule has 4 heteroatoms. The Kier molecular flexibility index (Phi) is 6.56.